The number of nitrogens with one attached hydrogen (secondary N) is 2. The van der Waals surface area contributed by atoms with Crippen molar-refractivity contribution >= 4 is 63.2 Å². The number of aliphatic hydroxyl groups is 1. The van der Waals surface area contributed by atoms with Crippen LogP contribution in [-0.2, 0) is 30.4 Å². The van der Waals surface area contributed by atoms with E-state index in [9.17, 15) is 39.0 Å². The predicted octanol–water partition coefficient (Wildman–Crippen LogP) is -0.0577. The maximum atomic E-state index is 13.9. The lowest BCUT2D eigenvalue weighted by Gasteiger charge is -2.52. The molecular weight excluding hydrogens is 647 g/mol. The second-order valence-electron chi connectivity index (χ2n) is 11.8. The molecule has 0 aliphatic heterocycles. The number of hydrogen-bond acceptors (Lipinski definition) is 10. The number of Topliss-reactive ketones (excluding diaryl/α,β-unsaturated/α-hetero) is 4. The SMILES string of the molecule is CN(C)[C@@H]1C(=O)C(C(N)=O)C(=O)[C@@]2(O)C(=O)C3C(=O)c4c(O)c(NC(=O)CNC5CCCC5)cc(I)c4CC3CC12. The molecule has 0 saturated heterocycles. The summed E-state index contributed by atoms with van der Waals surface area (Å²) in [7, 11) is 3.07. The number of carbonyl (C=O) groups is 6. The lowest BCUT2D eigenvalue weighted by molar-refractivity contribution is -0.181. The molecule has 0 aromatic heterocycles. The number of halogens is 1. The van der Waals surface area contributed by atoms with Gasteiger partial charge < -0.3 is 26.6 Å². The number of phenols is 1. The molecule has 0 radical (unpaired) electrons. The largest absolute Gasteiger partial charge is 0.505 e. The Morgan fingerprint density at radius 3 is 2.41 bits per heavy atom. The number of anilines is 1. The summed E-state index contributed by atoms with van der Waals surface area (Å²) < 4.78 is 0.586. The Labute approximate surface area is 249 Å². The zero-order valence-electron chi connectivity index (χ0n) is 22.7. The van der Waals surface area contributed by atoms with Gasteiger partial charge in [0.25, 0.3) is 0 Å². The number of ketones is 4. The van der Waals surface area contributed by atoms with Crippen LogP contribution in [0.1, 0.15) is 48.0 Å². The highest BCUT2D eigenvalue weighted by molar-refractivity contribution is 14.1. The van der Waals surface area contributed by atoms with Crippen molar-refractivity contribution in [2.75, 3.05) is 26.0 Å². The average molecular weight is 680 g/mol. The zero-order valence-corrected chi connectivity index (χ0v) is 24.9. The van der Waals surface area contributed by atoms with E-state index in [0.29, 0.717) is 9.13 Å². The molecule has 220 valence electrons. The van der Waals surface area contributed by atoms with E-state index in [0.717, 1.165) is 25.7 Å². The third-order valence-electron chi connectivity index (χ3n) is 9.19. The van der Waals surface area contributed by atoms with Crippen molar-refractivity contribution in [3.05, 3.63) is 20.8 Å². The first-order valence-electron chi connectivity index (χ1n) is 13.7. The summed E-state index contributed by atoms with van der Waals surface area (Å²) >= 11 is 2.00. The number of benzene rings is 1. The summed E-state index contributed by atoms with van der Waals surface area (Å²) in [4.78, 5) is 80.5. The van der Waals surface area contributed by atoms with E-state index in [1.54, 1.807) is 6.07 Å². The number of likely N-dealkylation sites (N-methyl/N-ethyl adjacent to an activating group) is 1. The number of primary amides is 1. The Balaban J connectivity index is 1.49. The fraction of sp³-hybridized carbons (Fsp3) is 0.571. The molecule has 0 heterocycles. The Morgan fingerprint density at radius 1 is 1.15 bits per heavy atom. The molecule has 3 saturated carbocycles. The van der Waals surface area contributed by atoms with Gasteiger partial charge in [0.15, 0.2) is 34.7 Å². The molecule has 4 aliphatic carbocycles. The van der Waals surface area contributed by atoms with Gasteiger partial charge in [0.05, 0.1) is 29.8 Å². The highest BCUT2D eigenvalue weighted by Crippen LogP contribution is 2.51. The summed E-state index contributed by atoms with van der Waals surface area (Å²) in [5.41, 5.74) is 2.91. The second kappa shape index (κ2) is 10.8. The monoisotopic (exact) mass is 680 g/mol. The van der Waals surface area contributed by atoms with Crippen LogP contribution in [0.2, 0.25) is 0 Å². The van der Waals surface area contributed by atoms with Gasteiger partial charge in [-0.3, -0.25) is 33.7 Å². The van der Waals surface area contributed by atoms with E-state index < -0.39 is 76.0 Å². The third kappa shape index (κ3) is 4.70. The van der Waals surface area contributed by atoms with E-state index in [2.05, 4.69) is 10.6 Å². The molecule has 0 bridgehead atoms. The van der Waals surface area contributed by atoms with Crippen molar-refractivity contribution in [3.63, 3.8) is 0 Å². The Morgan fingerprint density at radius 2 is 1.80 bits per heavy atom. The number of aromatic hydroxyl groups is 1. The smallest absolute Gasteiger partial charge is 0.238 e. The van der Waals surface area contributed by atoms with Gasteiger partial charge in [-0.25, -0.2) is 0 Å². The normalized spacial score (nSPS) is 31.6. The van der Waals surface area contributed by atoms with E-state index in [4.69, 9.17) is 5.73 Å². The lowest BCUT2D eigenvalue weighted by Crippen LogP contribution is -2.74. The minimum atomic E-state index is -2.78. The zero-order chi connectivity index (χ0) is 30.0. The van der Waals surface area contributed by atoms with E-state index in [1.807, 2.05) is 22.6 Å². The molecular formula is C28H33IN4O8. The number of fused-ring (bicyclic) bond motifs is 3. The summed E-state index contributed by atoms with van der Waals surface area (Å²) in [5.74, 6) is -11.5. The molecule has 4 unspecified atom stereocenters. The minimum absolute atomic E-state index is 0.0128. The molecule has 6 N–H and O–H groups in total. The molecule has 4 aliphatic rings. The summed E-state index contributed by atoms with van der Waals surface area (Å²) in [6, 6.07) is 0.659. The summed E-state index contributed by atoms with van der Waals surface area (Å²) in [6.07, 6.45) is 4.31. The number of nitrogens with zero attached hydrogens (tertiary/aromatic N) is 1. The molecule has 0 spiro atoms. The summed E-state index contributed by atoms with van der Waals surface area (Å²) in [5, 5.41) is 28.6. The first-order chi connectivity index (χ1) is 19.3. The van der Waals surface area contributed by atoms with Crippen LogP contribution in [0.3, 0.4) is 0 Å². The second-order valence-corrected chi connectivity index (χ2v) is 13.0. The van der Waals surface area contributed by atoms with Crippen molar-refractivity contribution in [1.29, 1.82) is 0 Å². The van der Waals surface area contributed by atoms with Crippen LogP contribution in [0.15, 0.2) is 6.07 Å². The number of phenolic OH excluding ortho intramolecular Hbond substituents is 1. The van der Waals surface area contributed by atoms with Crippen LogP contribution in [0, 0.1) is 27.2 Å². The number of hydrogen-bond donors (Lipinski definition) is 5. The maximum absolute atomic E-state index is 13.9. The molecule has 2 amide bonds. The number of amides is 2. The molecule has 1 aromatic rings. The molecule has 1 aromatic carbocycles. The van der Waals surface area contributed by atoms with Gasteiger partial charge in [-0.2, -0.15) is 0 Å². The van der Waals surface area contributed by atoms with Crippen LogP contribution < -0.4 is 16.4 Å². The van der Waals surface area contributed by atoms with Crippen LogP contribution in [-0.4, -0.2) is 88.4 Å². The van der Waals surface area contributed by atoms with E-state index in [-0.39, 0.29) is 36.7 Å². The van der Waals surface area contributed by atoms with Gasteiger partial charge in [-0.05, 0) is 79.9 Å². The van der Waals surface area contributed by atoms with Gasteiger partial charge in [0.2, 0.25) is 11.8 Å². The molecule has 3 fully saturated rings. The highest BCUT2D eigenvalue weighted by Gasteiger charge is 2.69. The van der Waals surface area contributed by atoms with Crippen molar-refractivity contribution in [1.82, 2.24) is 10.2 Å². The number of nitrogens with two attached hydrogens (primary N) is 1. The van der Waals surface area contributed by atoms with Crippen LogP contribution in [0.4, 0.5) is 5.69 Å². The number of rotatable bonds is 6. The van der Waals surface area contributed by atoms with Gasteiger partial charge >= 0.3 is 0 Å². The van der Waals surface area contributed by atoms with Gasteiger partial charge in [0.1, 0.15) is 5.75 Å². The minimum Gasteiger partial charge on any atom is -0.505 e. The molecule has 41 heavy (non-hydrogen) atoms. The first-order valence-corrected chi connectivity index (χ1v) is 14.8. The first kappa shape index (κ1) is 29.7. The molecule has 12 nitrogen and oxygen atoms in total. The number of carbonyl (C=O) groups excluding carboxylic acids is 6. The van der Waals surface area contributed by atoms with Crippen molar-refractivity contribution in [2.24, 2.45) is 29.4 Å². The van der Waals surface area contributed by atoms with E-state index in [1.165, 1.54) is 19.0 Å². The Kier molecular flexibility index (Phi) is 7.85. The topological polar surface area (TPSA) is 196 Å². The van der Waals surface area contributed by atoms with E-state index >= 15 is 0 Å². The van der Waals surface area contributed by atoms with Crippen LogP contribution in [0.5, 0.6) is 5.75 Å². The Bertz CT molecular complexity index is 1370. The standard InChI is InChI=1S/C28H33IN4O8/c1-33(2)21-14-8-11-7-13-15(29)9-16(32-17(34)10-31-12-5-3-4-6-12)22(35)19(13)23(36)18(11)25(38)28(14,41)26(39)20(24(21)37)27(30)40/h9,11-12,14,18,20-21,31,35,41H,3-8,10H2,1-2H3,(H2,30,40)(H,32,34)/t11?,14?,18?,20?,21-,28-/m0/s1. The lowest BCUT2D eigenvalue weighted by atomic mass is 9.52. The van der Waals surface area contributed by atoms with Crippen molar-refractivity contribution in [3.8, 4) is 5.75 Å². The molecule has 6 atom stereocenters. The fourth-order valence-corrected chi connectivity index (χ4v) is 8.08. The molecule has 5 rings (SSSR count). The quantitative estimate of drug-likeness (QED) is 0.154. The van der Waals surface area contributed by atoms with Crippen molar-refractivity contribution < 1.29 is 39.0 Å². The van der Waals surface area contributed by atoms with Crippen molar-refractivity contribution in [2.45, 2.75) is 56.2 Å². The highest BCUT2D eigenvalue weighted by atomic mass is 127. The Hall–Kier alpha value is -2.75. The molecule has 13 heteroatoms. The summed E-state index contributed by atoms with van der Waals surface area (Å²) in [6.45, 7) is 0.0260. The third-order valence-corrected chi connectivity index (χ3v) is 10.1. The van der Waals surface area contributed by atoms with Gasteiger partial charge in [-0.15, -0.1) is 0 Å². The predicted molar refractivity (Wildman–Crippen MR) is 153 cm³/mol. The van der Waals surface area contributed by atoms with Gasteiger partial charge in [0, 0.05) is 15.5 Å². The van der Waals surface area contributed by atoms with Gasteiger partial charge in [-0.1, -0.05) is 12.8 Å². The maximum Gasteiger partial charge on any atom is 0.238 e. The average Bonchev–Trinajstić information content (AvgIpc) is 3.41. The van der Waals surface area contributed by atoms with Crippen LogP contribution >= 0.6 is 22.6 Å². The van der Waals surface area contributed by atoms with Crippen LogP contribution in [0.25, 0.3) is 0 Å². The fourth-order valence-electron chi connectivity index (χ4n) is 7.28.